The van der Waals surface area contributed by atoms with E-state index < -0.39 is 4.92 Å². The number of nitrogens with one attached hydrogen (secondary N) is 1. The van der Waals surface area contributed by atoms with Crippen LogP contribution in [-0.2, 0) is 0 Å². The standard InChI is InChI=1S/C20H20N4O4S/c1-3-10-28-18-9-4-14(11-19(18)27-2)12-21-23-20-22-17(13-29-20)15-5-7-16(8-6-15)24(25)26/h4-9,11-13H,3,10H2,1-2H3,(H,22,23)/b21-12+. The van der Waals surface area contributed by atoms with Crippen LogP contribution in [0, 0.1) is 10.1 Å². The average Bonchev–Trinajstić information content (AvgIpc) is 3.21. The number of non-ortho nitro benzene ring substituents is 1. The summed E-state index contributed by atoms with van der Waals surface area (Å²) in [4.78, 5) is 14.8. The third kappa shape index (κ3) is 5.29. The molecule has 0 aliphatic carbocycles. The molecule has 29 heavy (non-hydrogen) atoms. The Labute approximate surface area is 172 Å². The van der Waals surface area contributed by atoms with E-state index in [1.54, 1.807) is 25.5 Å². The van der Waals surface area contributed by atoms with Gasteiger partial charge in [0.25, 0.3) is 5.69 Å². The van der Waals surface area contributed by atoms with Crippen LogP contribution in [0.5, 0.6) is 11.5 Å². The van der Waals surface area contributed by atoms with E-state index in [9.17, 15) is 10.1 Å². The van der Waals surface area contributed by atoms with Gasteiger partial charge in [-0.15, -0.1) is 11.3 Å². The first-order valence-corrected chi connectivity index (χ1v) is 9.79. The molecule has 2 aromatic carbocycles. The van der Waals surface area contributed by atoms with Gasteiger partial charge in [-0.2, -0.15) is 5.10 Å². The van der Waals surface area contributed by atoms with E-state index in [1.807, 2.05) is 30.5 Å². The van der Waals surface area contributed by atoms with Gasteiger partial charge in [0.15, 0.2) is 11.5 Å². The smallest absolute Gasteiger partial charge is 0.269 e. The molecule has 0 unspecified atom stereocenters. The lowest BCUT2D eigenvalue weighted by atomic mass is 10.1. The van der Waals surface area contributed by atoms with Crippen LogP contribution >= 0.6 is 11.3 Å². The SMILES string of the molecule is CCCOc1ccc(/C=N/Nc2nc(-c3ccc([N+](=O)[O-])cc3)cs2)cc1OC. The normalized spacial score (nSPS) is 10.8. The number of nitro groups is 1. The van der Waals surface area contributed by atoms with Crippen molar-refractivity contribution in [3.8, 4) is 22.8 Å². The van der Waals surface area contributed by atoms with E-state index in [1.165, 1.54) is 23.5 Å². The van der Waals surface area contributed by atoms with Gasteiger partial charge < -0.3 is 9.47 Å². The zero-order valence-electron chi connectivity index (χ0n) is 16.0. The van der Waals surface area contributed by atoms with Gasteiger partial charge in [0.05, 0.1) is 30.5 Å². The van der Waals surface area contributed by atoms with Crippen molar-refractivity contribution in [2.24, 2.45) is 5.10 Å². The number of rotatable bonds is 9. The van der Waals surface area contributed by atoms with Crippen molar-refractivity contribution in [3.63, 3.8) is 0 Å². The Hall–Kier alpha value is -3.46. The molecule has 3 aromatic rings. The first-order chi connectivity index (χ1) is 14.1. The van der Waals surface area contributed by atoms with Crippen LogP contribution in [0.4, 0.5) is 10.8 Å². The summed E-state index contributed by atoms with van der Waals surface area (Å²) in [6.07, 6.45) is 2.59. The van der Waals surface area contributed by atoms with Crippen LogP contribution in [-0.4, -0.2) is 29.8 Å². The van der Waals surface area contributed by atoms with Gasteiger partial charge in [0.2, 0.25) is 5.13 Å². The fraction of sp³-hybridized carbons (Fsp3) is 0.200. The van der Waals surface area contributed by atoms with Crippen LogP contribution < -0.4 is 14.9 Å². The van der Waals surface area contributed by atoms with Crippen LogP contribution in [0.25, 0.3) is 11.3 Å². The van der Waals surface area contributed by atoms with Gasteiger partial charge in [-0.25, -0.2) is 4.98 Å². The molecular weight excluding hydrogens is 392 g/mol. The monoisotopic (exact) mass is 412 g/mol. The van der Waals surface area contributed by atoms with Crippen molar-refractivity contribution in [1.29, 1.82) is 0 Å². The second-order valence-electron chi connectivity index (χ2n) is 5.97. The van der Waals surface area contributed by atoms with E-state index in [4.69, 9.17) is 9.47 Å². The summed E-state index contributed by atoms with van der Waals surface area (Å²) in [6, 6.07) is 11.9. The summed E-state index contributed by atoms with van der Waals surface area (Å²) < 4.78 is 11.0. The molecule has 0 atom stereocenters. The van der Waals surface area contributed by atoms with Crippen molar-refractivity contribution < 1.29 is 14.4 Å². The number of nitro benzene ring substituents is 1. The first kappa shape index (κ1) is 20.3. The fourth-order valence-electron chi connectivity index (χ4n) is 2.47. The topological polar surface area (TPSA) is 98.9 Å². The first-order valence-electron chi connectivity index (χ1n) is 8.91. The lowest BCUT2D eigenvalue weighted by molar-refractivity contribution is -0.384. The third-order valence-corrected chi connectivity index (χ3v) is 4.65. The molecule has 0 saturated carbocycles. The van der Waals surface area contributed by atoms with E-state index in [2.05, 4.69) is 15.5 Å². The number of benzene rings is 2. The highest BCUT2D eigenvalue weighted by Gasteiger charge is 2.08. The second-order valence-corrected chi connectivity index (χ2v) is 6.83. The Kier molecular flexibility index (Phi) is 6.75. The highest BCUT2D eigenvalue weighted by molar-refractivity contribution is 7.14. The highest BCUT2D eigenvalue weighted by Crippen LogP contribution is 2.28. The maximum absolute atomic E-state index is 10.7. The zero-order valence-corrected chi connectivity index (χ0v) is 16.8. The molecule has 0 spiro atoms. The van der Waals surface area contributed by atoms with Gasteiger partial charge in [0.1, 0.15) is 0 Å². The number of hydrogen-bond donors (Lipinski definition) is 1. The molecule has 0 bridgehead atoms. The van der Waals surface area contributed by atoms with Crippen molar-refractivity contribution in [2.75, 3.05) is 19.1 Å². The Morgan fingerprint density at radius 3 is 2.72 bits per heavy atom. The maximum atomic E-state index is 10.7. The number of hydrazone groups is 1. The molecule has 0 fully saturated rings. The van der Waals surface area contributed by atoms with E-state index >= 15 is 0 Å². The van der Waals surface area contributed by atoms with Crippen LogP contribution in [0.3, 0.4) is 0 Å². The van der Waals surface area contributed by atoms with Gasteiger partial charge in [-0.1, -0.05) is 6.92 Å². The van der Waals surface area contributed by atoms with E-state index in [0.717, 1.165) is 23.2 Å². The fourth-order valence-corrected chi connectivity index (χ4v) is 3.14. The summed E-state index contributed by atoms with van der Waals surface area (Å²) in [6.45, 7) is 2.68. The summed E-state index contributed by atoms with van der Waals surface area (Å²) in [5, 5.41) is 17.4. The maximum Gasteiger partial charge on any atom is 0.269 e. The molecule has 150 valence electrons. The van der Waals surface area contributed by atoms with Gasteiger partial charge >= 0.3 is 0 Å². The van der Waals surface area contributed by atoms with Crippen molar-refractivity contribution in [2.45, 2.75) is 13.3 Å². The van der Waals surface area contributed by atoms with Gasteiger partial charge in [0, 0.05) is 23.1 Å². The number of anilines is 1. The van der Waals surface area contributed by atoms with Crippen LogP contribution in [0.1, 0.15) is 18.9 Å². The highest BCUT2D eigenvalue weighted by atomic mass is 32.1. The number of ether oxygens (including phenoxy) is 2. The lowest BCUT2D eigenvalue weighted by Gasteiger charge is -2.10. The van der Waals surface area contributed by atoms with Gasteiger partial charge in [-0.05, 0) is 42.3 Å². The summed E-state index contributed by atoms with van der Waals surface area (Å²) >= 11 is 1.39. The minimum absolute atomic E-state index is 0.0495. The molecule has 1 heterocycles. The number of nitrogens with zero attached hydrogens (tertiary/aromatic N) is 3. The molecule has 9 heteroatoms. The van der Waals surface area contributed by atoms with Crippen molar-refractivity contribution in [1.82, 2.24) is 4.98 Å². The largest absolute Gasteiger partial charge is 0.493 e. The number of thiazole rings is 1. The minimum Gasteiger partial charge on any atom is -0.493 e. The predicted molar refractivity (Wildman–Crippen MR) is 114 cm³/mol. The zero-order chi connectivity index (χ0) is 20.6. The molecular formula is C20H20N4O4S. The number of aromatic nitrogens is 1. The minimum atomic E-state index is -0.427. The molecule has 8 nitrogen and oxygen atoms in total. The Morgan fingerprint density at radius 2 is 2.03 bits per heavy atom. The molecule has 1 aromatic heterocycles. The van der Waals surface area contributed by atoms with Crippen LogP contribution in [0.2, 0.25) is 0 Å². The van der Waals surface area contributed by atoms with E-state index in [0.29, 0.717) is 23.2 Å². The lowest BCUT2D eigenvalue weighted by Crippen LogP contribution is -1.98. The average molecular weight is 412 g/mol. The summed E-state index contributed by atoms with van der Waals surface area (Å²) in [5.41, 5.74) is 5.32. The molecule has 0 radical (unpaired) electrons. The molecule has 0 saturated heterocycles. The van der Waals surface area contributed by atoms with Crippen LogP contribution in [0.15, 0.2) is 52.9 Å². The number of hydrogen-bond acceptors (Lipinski definition) is 8. The summed E-state index contributed by atoms with van der Waals surface area (Å²) in [7, 11) is 1.60. The molecule has 0 aliphatic heterocycles. The quantitative estimate of drug-likeness (QED) is 0.303. The molecule has 0 amide bonds. The molecule has 0 aliphatic rings. The molecule has 1 N–H and O–H groups in total. The molecule has 3 rings (SSSR count). The Balaban J connectivity index is 1.64. The van der Waals surface area contributed by atoms with Crippen molar-refractivity contribution in [3.05, 3.63) is 63.5 Å². The number of methoxy groups -OCH3 is 1. The summed E-state index contributed by atoms with van der Waals surface area (Å²) in [5.74, 6) is 1.35. The Morgan fingerprint density at radius 1 is 1.24 bits per heavy atom. The Bertz CT molecular complexity index is 1000. The predicted octanol–water partition coefficient (Wildman–Crippen LogP) is 4.96. The van der Waals surface area contributed by atoms with E-state index in [-0.39, 0.29) is 5.69 Å². The second kappa shape index (κ2) is 9.65. The van der Waals surface area contributed by atoms with Crippen molar-refractivity contribution >= 4 is 28.4 Å². The van der Waals surface area contributed by atoms with Gasteiger partial charge in [-0.3, -0.25) is 15.5 Å². The third-order valence-electron chi connectivity index (χ3n) is 3.90.